The molecule has 0 spiro atoms. The second kappa shape index (κ2) is 8.80. The fourth-order valence-electron chi connectivity index (χ4n) is 4.82. The van der Waals surface area contributed by atoms with E-state index in [2.05, 4.69) is 27.6 Å². The van der Waals surface area contributed by atoms with Gasteiger partial charge in [-0.1, -0.05) is 30.3 Å². The van der Waals surface area contributed by atoms with Crippen LogP contribution in [0.5, 0.6) is 0 Å². The highest BCUT2D eigenvalue weighted by molar-refractivity contribution is 5.77. The van der Waals surface area contributed by atoms with Crippen molar-refractivity contribution in [2.45, 2.75) is 63.8 Å². The van der Waals surface area contributed by atoms with Crippen molar-refractivity contribution in [3.63, 3.8) is 0 Å². The quantitative estimate of drug-likeness (QED) is 0.819. The van der Waals surface area contributed by atoms with Gasteiger partial charge in [0.2, 0.25) is 11.8 Å². The monoisotopic (exact) mass is 394 g/mol. The Hall–Kier alpha value is -2.63. The van der Waals surface area contributed by atoms with E-state index in [9.17, 15) is 9.59 Å². The lowest BCUT2D eigenvalue weighted by Gasteiger charge is -2.39. The topological polar surface area (TPSA) is 78.1 Å². The third-order valence-corrected chi connectivity index (χ3v) is 6.30. The number of aryl methyl sites for hydroxylation is 2. The van der Waals surface area contributed by atoms with Crippen LogP contribution < -0.4 is 5.32 Å². The van der Waals surface area contributed by atoms with E-state index in [0.29, 0.717) is 19.4 Å². The predicted molar refractivity (Wildman–Crippen MR) is 112 cm³/mol. The van der Waals surface area contributed by atoms with Gasteiger partial charge in [0.05, 0.1) is 11.7 Å². The highest BCUT2D eigenvalue weighted by Gasteiger charge is 2.33. The summed E-state index contributed by atoms with van der Waals surface area (Å²) in [5.41, 5.74) is 4.88. The number of fused-ring (bicyclic) bond motifs is 1. The maximum absolute atomic E-state index is 12.9. The number of carbonyl (C=O) groups is 2. The van der Waals surface area contributed by atoms with Crippen molar-refractivity contribution in [1.82, 2.24) is 20.4 Å². The van der Waals surface area contributed by atoms with Crippen molar-refractivity contribution < 1.29 is 9.59 Å². The molecule has 154 valence electrons. The fourth-order valence-corrected chi connectivity index (χ4v) is 4.82. The van der Waals surface area contributed by atoms with Crippen molar-refractivity contribution in [2.24, 2.45) is 0 Å². The second-order valence-corrected chi connectivity index (χ2v) is 8.29. The molecule has 1 fully saturated rings. The smallest absolute Gasteiger partial charge is 0.223 e. The third-order valence-electron chi connectivity index (χ3n) is 6.30. The number of rotatable bonds is 5. The molecule has 0 unspecified atom stereocenters. The molecule has 1 saturated heterocycles. The number of nitrogens with one attached hydrogen (secondary N) is 2. The van der Waals surface area contributed by atoms with Crippen LogP contribution in [-0.4, -0.2) is 46.0 Å². The zero-order valence-corrected chi connectivity index (χ0v) is 17.1. The minimum atomic E-state index is -0.0502. The van der Waals surface area contributed by atoms with Crippen LogP contribution in [0.4, 0.5) is 0 Å². The summed E-state index contributed by atoms with van der Waals surface area (Å²) in [7, 11) is 0. The van der Waals surface area contributed by atoms with E-state index in [-0.39, 0.29) is 23.8 Å². The molecule has 2 N–H and O–H groups in total. The molecule has 1 aromatic carbocycles. The minimum absolute atomic E-state index is 0.0478. The summed E-state index contributed by atoms with van der Waals surface area (Å²) in [4.78, 5) is 26.6. The van der Waals surface area contributed by atoms with Gasteiger partial charge in [0.1, 0.15) is 0 Å². The maximum atomic E-state index is 12.9. The van der Waals surface area contributed by atoms with Crippen LogP contribution in [0.2, 0.25) is 0 Å². The lowest BCUT2D eigenvalue weighted by Crippen LogP contribution is -2.52. The molecule has 0 bridgehead atoms. The van der Waals surface area contributed by atoms with E-state index in [4.69, 9.17) is 0 Å². The number of H-pyrrole nitrogens is 1. The van der Waals surface area contributed by atoms with Gasteiger partial charge in [0.15, 0.2) is 0 Å². The molecular formula is C23H30N4O2. The summed E-state index contributed by atoms with van der Waals surface area (Å²) < 4.78 is 0. The van der Waals surface area contributed by atoms with Gasteiger partial charge in [0.25, 0.3) is 0 Å². The second-order valence-electron chi connectivity index (χ2n) is 8.29. The van der Waals surface area contributed by atoms with Gasteiger partial charge in [-0.25, -0.2) is 0 Å². The van der Waals surface area contributed by atoms with Crippen molar-refractivity contribution in [2.75, 3.05) is 13.1 Å². The number of amides is 2. The Morgan fingerprint density at radius 2 is 2.00 bits per heavy atom. The van der Waals surface area contributed by atoms with Crippen LogP contribution >= 0.6 is 0 Å². The molecule has 2 heterocycles. The first-order valence-electron chi connectivity index (χ1n) is 10.8. The molecule has 1 aliphatic carbocycles. The van der Waals surface area contributed by atoms with Crippen molar-refractivity contribution in [3.8, 4) is 0 Å². The number of aromatic nitrogens is 2. The number of piperidine rings is 1. The standard InChI is InChI=1S/C23H30N4O2/c1-16(28)24-22-15-27(14-13-18(22)17-7-3-2-4-8-17)23(29)12-11-21-19-9-5-6-10-20(19)25-26-21/h2-4,7-8,18,22H,5-6,9-15H2,1H3,(H,24,28)(H,25,26)/t18-,22-/m0/s1. The van der Waals surface area contributed by atoms with E-state index in [0.717, 1.165) is 31.5 Å². The zero-order chi connectivity index (χ0) is 20.2. The van der Waals surface area contributed by atoms with Gasteiger partial charge in [-0.15, -0.1) is 0 Å². The number of benzene rings is 1. The molecule has 2 amide bonds. The molecule has 0 radical (unpaired) electrons. The van der Waals surface area contributed by atoms with Crippen LogP contribution in [0.1, 0.15) is 61.0 Å². The summed E-state index contributed by atoms with van der Waals surface area (Å²) in [5, 5.41) is 10.7. The summed E-state index contributed by atoms with van der Waals surface area (Å²) in [6.07, 6.45) is 6.59. The molecule has 2 atom stereocenters. The van der Waals surface area contributed by atoms with Crippen LogP contribution in [0.15, 0.2) is 30.3 Å². The highest BCUT2D eigenvalue weighted by Crippen LogP contribution is 2.29. The van der Waals surface area contributed by atoms with Crippen LogP contribution in [0.25, 0.3) is 0 Å². The highest BCUT2D eigenvalue weighted by atomic mass is 16.2. The minimum Gasteiger partial charge on any atom is -0.351 e. The summed E-state index contributed by atoms with van der Waals surface area (Å²) in [6.45, 7) is 2.84. The summed E-state index contributed by atoms with van der Waals surface area (Å²) in [5.74, 6) is 0.343. The van der Waals surface area contributed by atoms with Gasteiger partial charge in [-0.3, -0.25) is 14.7 Å². The molecule has 0 saturated carbocycles. The van der Waals surface area contributed by atoms with Crippen LogP contribution in [0.3, 0.4) is 0 Å². The molecule has 1 aliphatic heterocycles. The number of nitrogens with zero attached hydrogens (tertiary/aromatic N) is 2. The number of carbonyl (C=O) groups excluding carboxylic acids is 2. The van der Waals surface area contributed by atoms with Crippen molar-refractivity contribution in [3.05, 3.63) is 52.8 Å². The van der Waals surface area contributed by atoms with E-state index in [1.54, 1.807) is 6.92 Å². The van der Waals surface area contributed by atoms with Gasteiger partial charge in [-0.2, -0.15) is 5.10 Å². The Morgan fingerprint density at radius 1 is 1.21 bits per heavy atom. The first-order valence-corrected chi connectivity index (χ1v) is 10.8. The number of aromatic amines is 1. The van der Waals surface area contributed by atoms with E-state index < -0.39 is 0 Å². The Labute approximate surface area is 172 Å². The van der Waals surface area contributed by atoms with Crippen molar-refractivity contribution >= 4 is 11.8 Å². The number of likely N-dealkylation sites (tertiary alicyclic amines) is 1. The Balaban J connectivity index is 1.39. The third kappa shape index (κ3) is 4.52. The number of hydrogen-bond acceptors (Lipinski definition) is 3. The molecule has 1 aromatic heterocycles. The Kier molecular flexibility index (Phi) is 5.97. The van der Waals surface area contributed by atoms with Crippen LogP contribution in [0, 0.1) is 0 Å². The van der Waals surface area contributed by atoms with Crippen LogP contribution in [-0.2, 0) is 28.9 Å². The Morgan fingerprint density at radius 3 is 2.79 bits per heavy atom. The van der Waals surface area contributed by atoms with Gasteiger partial charge in [-0.05, 0) is 43.2 Å². The van der Waals surface area contributed by atoms with Gasteiger partial charge in [0, 0.05) is 44.5 Å². The first-order chi connectivity index (χ1) is 14.1. The van der Waals surface area contributed by atoms with Crippen molar-refractivity contribution in [1.29, 1.82) is 0 Å². The lowest BCUT2D eigenvalue weighted by atomic mass is 9.85. The SMILES string of the molecule is CC(=O)N[C@H]1CN(C(=O)CCc2n[nH]c3c2CCCC3)CC[C@H]1c1ccccc1. The maximum Gasteiger partial charge on any atom is 0.223 e. The van der Waals surface area contributed by atoms with E-state index in [1.165, 1.54) is 29.7 Å². The molecule has 6 nitrogen and oxygen atoms in total. The Bertz CT molecular complexity index is 861. The molecule has 4 rings (SSSR count). The molecule has 2 aromatic rings. The lowest BCUT2D eigenvalue weighted by molar-refractivity contribution is -0.133. The number of hydrogen-bond donors (Lipinski definition) is 2. The largest absolute Gasteiger partial charge is 0.351 e. The average molecular weight is 395 g/mol. The molecular weight excluding hydrogens is 364 g/mol. The molecule has 29 heavy (non-hydrogen) atoms. The predicted octanol–water partition coefficient (Wildman–Crippen LogP) is 2.74. The summed E-state index contributed by atoms with van der Waals surface area (Å²) >= 11 is 0. The molecule has 6 heteroatoms. The van der Waals surface area contributed by atoms with E-state index >= 15 is 0 Å². The fraction of sp³-hybridized carbons (Fsp3) is 0.522. The average Bonchev–Trinajstić information content (AvgIpc) is 3.15. The van der Waals surface area contributed by atoms with E-state index in [1.807, 2.05) is 23.1 Å². The first kappa shape index (κ1) is 19.7. The van der Waals surface area contributed by atoms with Gasteiger partial charge >= 0.3 is 0 Å². The molecule has 2 aliphatic rings. The summed E-state index contributed by atoms with van der Waals surface area (Å²) in [6, 6.07) is 10.2. The van der Waals surface area contributed by atoms with Gasteiger partial charge < -0.3 is 10.2 Å². The zero-order valence-electron chi connectivity index (χ0n) is 17.1. The normalized spacial score (nSPS) is 21.5.